The van der Waals surface area contributed by atoms with E-state index in [2.05, 4.69) is 10.6 Å². The number of carbonyl (C=O) groups is 1. The second-order valence-corrected chi connectivity index (χ2v) is 9.20. The van der Waals surface area contributed by atoms with Gasteiger partial charge in [0, 0.05) is 19.6 Å². The Morgan fingerprint density at radius 1 is 1.07 bits per heavy atom. The molecular weight excluding hydrogens is 412 g/mol. The van der Waals surface area contributed by atoms with Gasteiger partial charge in [0.15, 0.2) is 11.6 Å². The van der Waals surface area contributed by atoms with E-state index in [0.717, 1.165) is 31.4 Å². The van der Waals surface area contributed by atoms with Gasteiger partial charge in [-0.05, 0) is 49.1 Å². The highest BCUT2D eigenvalue weighted by atomic mass is 32.2. The van der Waals surface area contributed by atoms with Crippen molar-refractivity contribution in [3.63, 3.8) is 0 Å². The van der Waals surface area contributed by atoms with Gasteiger partial charge in [-0.25, -0.2) is 22.0 Å². The molecule has 0 bridgehead atoms. The first kappa shape index (κ1) is 22.2. The van der Waals surface area contributed by atoms with Crippen LogP contribution in [0.1, 0.15) is 43.4 Å². The van der Waals surface area contributed by atoms with Crippen molar-refractivity contribution in [2.75, 3.05) is 13.1 Å². The Kier molecular flexibility index (Phi) is 7.04. The Bertz CT molecular complexity index is 1010. The molecule has 1 atom stereocenters. The summed E-state index contributed by atoms with van der Waals surface area (Å²) in [4.78, 5) is 12.4. The van der Waals surface area contributed by atoms with Gasteiger partial charge in [-0.3, -0.25) is 0 Å². The molecular formula is C21H25F2N3O3S. The molecule has 0 radical (unpaired) electrons. The molecule has 9 heteroatoms. The average Bonchev–Trinajstić information content (AvgIpc) is 2.75. The molecule has 1 unspecified atom stereocenters. The lowest BCUT2D eigenvalue weighted by molar-refractivity contribution is 0.237. The lowest BCUT2D eigenvalue weighted by atomic mass is 10.1. The molecule has 162 valence electrons. The predicted molar refractivity (Wildman–Crippen MR) is 109 cm³/mol. The summed E-state index contributed by atoms with van der Waals surface area (Å²) in [5.41, 5.74) is 0.899. The highest BCUT2D eigenvalue weighted by molar-refractivity contribution is 7.89. The lowest BCUT2D eigenvalue weighted by Gasteiger charge is -2.27. The van der Waals surface area contributed by atoms with Crippen LogP contribution in [0.25, 0.3) is 0 Å². The third kappa shape index (κ3) is 5.14. The third-order valence-electron chi connectivity index (χ3n) is 5.14. The quantitative estimate of drug-likeness (QED) is 0.723. The van der Waals surface area contributed by atoms with E-state index in [4.69, 9.17) is 0 Å². The van der Waals surface area contributed by atoms with Gasteiger partial charge in [-0.1, -0.05) is 30.7 Å². The predicted octanol–water partition coefficient (Wildman–Crippen LogP) is 3.70. The molecule has 0 saturated carbocycles. The molecule has 2 amide bonds. The van der Waals surface area contributed by atoms with E-state index in [0.29, 0.717) is 24.2 Å². The molecule has 0 spiro atoms. The Labute approximate surface area is 175 Å². The largest absolute Gasteiger partial charge is 0.334 e. The number of rotatable bonds is 6. The van der Waals surface area contributed by atoms with E-state index in [1.165, 1.54) is 10.4 Å². The lowest BCUT2D eigenvalue weighted by Crippen LogP contribution is -2.38. The Morgan fingerprint density at radius 2 is 1.77 bits per heavy atom. The molecule has 30 heavy (non-hydrogen) atoms. The van der Waals surface area contributed by atoms with Gasteiger partial charge >= 0.3 is 6.03 Å². The molecule has 1 fully saturated rings. The summed E-state index contributed by atoms with van der Waals surface area (Å²) < 4.78 is 54.0. The van der Waals surface area contributed by atoms with Crippen LogP contribution < -0.4 is 10.6 Å². The Balaban J connectivity index is 1.65. The van der Waals surface area contributed by atoms with Crippen molar-refractivity contribution in [2.45, 2.75) is 43.7 Å². The molecule has 2 N–H and O–H groups in total. The molecule has 1 saturated heterocycles. The molecule has 1 aliphatic heterocycles. The van der Waals surface area contributed by atoms with Crippen molar-refractivity contribution < 1.29 is 22.0 Å². The fourth-order valence-electron chi connectivity index (χ4n) is 3.43. The van der Waals surface area contributed by atoms with E-state index in [-0.39, 0.29) is 11.4 Å². The zero-order valence-corrected chi connectivity index (χ0v) is 17.5. The van der Waals surface area contributed by atoms with E-state index in [9.17, 15) is 22.0 Å². The van der Waals surface area contributed by atoms with E-state index in [1.54, 1.807) is 31.2 Å². The van der Waals surface area contributed by atoms with Crippen molar-refractivity contribution in [1.82, 2.24) is 14.9 Å². The van der Waals surface area contributed by atoms with Crippen molar-refractivity contribution in [1.29, 1.82) is 0 Å². The molecule has 0 aromatic heterocycles. The topological polar surface area (TPSA) is 78.5 Å². The molecule has 2 aromatic rings. The SMILES string of the molecule is CC(NC(=O)NCc1ccccc1S(=O)(=O)N1CCCCC1)c1ccc(F)c(F)c1. The summed E-state index contributed by atoms with van der Waals surface area (Å²) in [6.07, 6.45) is 2.69. The summed E-state index contributed by atoms with van der Waals surface area (Å²) >= 11 is 0. The minimum atomic E-state index is -3.63. The first-order valence-corrected chi connectivity index (χ1v) is 11.3. The first-order chi connectivity index (χ1) is 14.3. The van der Waals surface area contributed by atoms with Gasteiger partial charge < -0.3 is 10.6 Å². The standard InChI is InChI=1S/C21H25F2N3O3S/c1-15(16-9-10-18(22)19(23)13-16)25-21(27)24-14-17-7-3-4-8-20(17)30(28,29)26-11-5-2-6-12-26/h3-4,7-10,13,15H,2,5-6,11-12,14H2,1H3,(H2,24,25,27). The number of carbonyl (C=O) groups excluding carboxylic acids is 1. The van der Waals surface area contributed by atoms with Crippen molar-refractivity contribution >= 4 is 16.1 Å². The van der Waals surface area contributed by atoms with Crippen LogP contribution in [0.2, 0.25) is 0 Å². The van der Waals surface area contributed by atoms with Gasteiger partial charge in [0.1, 0.15) is 0 Å². The van der Waals surface area contributed by atoms with E-state index in [1.807, 2.05) is 0 Å². The molecule has 3 rings (SSSR count). The van der Waals surface area contributed by atoms with Gasteiger partial charge in [0.2, 0.25) is 10.0 Å². The summed E-state index contributed by atoms with van der Waals surface area (Å²) in [7, 11) is -3.63. The van der Waals surface area contributed by atoms with Crippen LogP contribution in [-0.4, -0.2) is 31.8 Å². The first-order valence-electron chi connectivity index (χ1n) is 9.86. The molecule has 0 aliphatic carbocycles. The molecule has 2 aromatic carbocycles. The zero-order chi connectivity index (χ0) is 21.7. The number of benzene rings is 2. The summed E-state index contributed by atoms with van der Waals surface area (Å²) in [6, 6.07) is 8.90. The minimum Gasteiger partial charge on any atom is -0.334 e. The van der Waals surface area contributed by atoms with Crippen LogP contribution in [0.5, 0.6) is 0 Å². The van der Waals surface area contributed by atoms with Gasteiger partial charge in [0.05, 0.1) is 10.9 Å². The second-order valence-electron chi connectivity index (χ2n) is 7.29. The van der Waals surface area contributed by atoms with Crippen molar-refractivity contribution in [3.05, 3.63) is 65.2 Å². The monoisotopic (exact) mass is 437 g/mol. The Morgan fingerprint density at radius 3 is 2.47 bits per heavy atom. The Hall–Kier alpha value is -2.52. The number of hydrogen-bond donors (Lipinski definition) is 2. The number of piperidine rings is 1. The van der Waals surface area contributed by atoms with Crippen LogP contribution >= 0.6 is 0 Å². The van der Waals surface area contributed by atoms with Crippen LogP contribution in [0.15, 0.2) is 47.4 Å². The number of sulfonamides is 1. The third-order valence-corrected chi connectivity index (χ3v) is 7.14. The highest BCUT2D eigenvalue weighted by Crippen LogP contribution is 2.23. The van der Waals surface area contributed by atoms with Crippen LogP contribution in [0, 0.1) is 11.6 Å². The van der Waals surface area contributed by atoms with E-state index < -0.39 is 33.7 Å². The number of halogens is 2. The molecule has 1 aliphatic rings. The number of nitrogens with one attached hydrogen (secondary N) is 2. The average molecular weight is 438 g/mol. The summed E-state index contributed by atoms with van der Waals surface area (Å²) in [5.74, 6) is -1.94. The zero-order valence-electron chi connectivity index (χ0n) is 16.7. The van der Waals surface area contributed by atoms with Gasteiger partial charge in [0.25, 0.3) is 0 Å². The number of amides is 2. The van der Waals surface area contributed by atoms with Gasteiger partial charge in [-0.2, -0.15) is 4.31 Å². The van der Waals surface area contributed by atoms with Gasteiger partial charge in [-0.15, -0.1) is 0 Å². The number of nitrogens with zero attached hydrogens (tertiary/aromatic N) is 1. The van der Waals surface area contributed by atoms with E-state index >= 15 is 0 Å². The maximum atomic E-state index is 13.4. The highest BCUT2D eigenvalue weighted by Gasteiger charge is 2.28. The second kappa shape index (κ2) is 9.53. The van der Waals surface area contributed by atoms with Crippen LogP contribution in [0.4, 0.5) is 13.6 Å². The maximum Gasteiger partial charge on any atom is 0.315 e. The molecule has 1 heterocycles. The minimum absolute atomic E-state index is 0.0135. The van der Waals surface area contributed by atoms with Crippen molar-refractivity contribution in [3.8, 4) is 0 Å². The summed E-state index contributed by atoms with van der Waals surface area (Å²) in [6.45, 7) is 2.65. The molecule has 6 nitrogen and oxygen atoms in total. The normalized spacial score (nSPS) is 16.1. The van der Waals surface area contributed by atoms with Crippen molar-refractivity contribution in [2.24, 2.45) is 0 Å². The fraction of sp³-hybridized carbons (Fsp3) is 0.381. The van der Waals surface area contributed by atoms with Crippen LogP contribution in [-0.2, 0) is 16.6 Å². The number of hydrogen-bond acceptors (Lipinski definition) is 3. The summed E-state index contributed by atoms with van der Waals surface area (Å²) in [5, 5.41) is 5.28. The fourth-order valence-corrected chi connectivity index (χ4v) is 5.17. The smallest absolute Gasteiger partial charge is 0.315 e. The van der Waals surface area contributed by atoms with Crippen LogP contribution in [0.3, 0.4) is 0 Å². The maximum absolute atomic E-state index is 13.4. The number of urea groups is 1.